The van der Waals surface area contributed by atoms with Crippen LogP contribution in [0.25, 0.3) is 22.6 Å². The van der Waals surface area contributed by atoms with Crippen LogP contribution >= 0.6 is 11.6 Å². The maximum atomic E-state index is 13.9. The standard InChI is InChI=1S/C18H12ClFN2O3/c19-17(24)10-7-16(23)22(9-10)11-5-6-15-14(8-11)21-18(25-15)12-3-1-2-4-13(12)20/h1-6,8,10H,7,9H2/t10-/m0/s1. The lowest BCUT2D eigenvalue weighted by Gasteiger charge is -2.15. The van der Waals surface area contributed by atoms with Crippen molar-refractivity contribution in [1.29, 1.82) is 0 Å². The average Bonchev–Trinajstić information content (AvgIpc) is 3.18. The van der Waals surface area contributed by atoms with E-state index in [0.717, 1.165) is 0 Å². The Bertz CT molecular complexity index is 1000. The summed E-state index contributed by atoms with van der Waals surface area (Å²) >= 11 is 5.50. The first-order valence-electron chi connectivity index (χ1n) is 7.68. The van der Waals surface area contributed by atoms with E-state index < -0.39 is 17.0 Å². The van der Waals surface area contributed by atoms with Gasteiger partial charge in [0.05, 0.1) is 11.5 Å². The molecule has 1 aliphatic rings. The predicted molar refractivity (Wildman–Crippen MR) is 90.7 cm³/mol. The normalized spacial score (nSPS) is 17.4. The first kappa shape index (κ1) is 15.8. The fraction of sp³-hybridized carbons (Fsp3) is 0.167. The van der Waals surface area contributed by atoms with Gasteiger partial charge in [0, 0.05) is 18.7 Å². The topological polar surface area (TPSA) is 63.4 Å². The summed E-state index contributed by atoms with van der Waals surface area (Å²) in [4.78, 5) is 29.2. The lowest BCUT2D eigenvalue weighted by Crippen LogP contribution is -2.25. The molecule has 3 aromatic rings. The van der Waals surface area contributed by atoms with Crippen molar-refractivity contribution in [1.82, 2.24) is 4.98 Å². The van der Waals surface area contributed by atoms with Crippen molar-refractivity contribution in [3.63, 3.8) is 0 Å². The summed E-state index contributed by atoms with van der Waals surface area (Å²) < 4.78 is 19.5. The van der Waals surface area contributed by atoms with Crippen molar-refractivity contribution >= 4 is 39.5 Å². The SMILES string of the molecule is O=C(Cl)[C@H]1CC(=O)N(c2ccc3oc(-c4ccccc4F)nc3c2)C1. The molecule has 0 unspecified atom stereocenters. The number of anilines is 1. The molecule has 0 aliphatic carbocycles. The quantitative estimate of drug-likeness (QED) is 0.669. The van der Waals surface area contributed by atoms with Gasteiger partial charge in [0.1, 0.15) is 11.3 Å². The zero-order chi connectivity index (χ0) is 17.6. The number of carbonyl (C=O) groups is 2. The maximum absolute atomic E-state index is 13.9. The molecule has 1 aromatic heterocycles. The van der Waals surface area contributed by atoms with E-state index in [2.05, 4.69) is 4.98 Å². The third kappa shape index (κ3) is 2.78. The highest BCUT2D eigenvalue weighted by atomic mass is 35.5. The van der Waals surface area contributed by atoms with E-state index in [1.807, 2.05) is 0 Å². The van der Waals surface area contributed by atoms with Crippen LogP contribution < -0.4 is 4.90 Å². The zero-order valence-corrected chi connectivity index (χ0v) is 13.7. The van der Waals surface area contributed by atoms with Crippen LogP contribution in [0.4, 0.5) is 10.1 Å². The summed E-state index contributed by atoms with van der Waals surface area (Å²) in [7, 11) is 0. The van der Waals surface area contributed by atoms with E-state index in [1.165, 1.54) is 11.0 Å². The Morgan fingerprint density at radius 2 is 2.08 bits per heavy atom. The van der Waals surface area contributed by atoms with Gasteiger partial charge in [-0.1, -0.05) is 12.1 Å². The van der Waals surface area contributed by atoms with Crippen LogP contribution in [0.15, 0.2) is 46.9 Å². The highest BCUT2D eigenvalue weighted by Gasteiger charge is 2.34. The van der Waals surface area contributed by atoms with Gasteiger partial charge in [-0.15, -0.1) is 0 Å². The molecule has 1 amide bonds. The lowest BCUT2D eigenvalue weighted by atomic mass is 10.1. The molecule has 1 atom stereocenters. The number of aromatic nitrogens is 1. The molecule has 1 fully saturated rings. The number of carbonyl (C=O) groups excluding carboxylic acids is 2. The Morgan fingerprint density at radius 3 is 2.80 bits per heavy atom. The second kappa shape index (κ2) is 5.97. The van der Waals surface area contributed by atoms with Gasteiger partial charge in [-0.25, -0.2) is 9.37 Å². The smallest absolute Gasteiger partial charge is 0.230 e. The lowest BCUT2D eigenvalue weighted by molar-refractivity contribution is -0.120. The molecule has 4 rings (SSSR count). The molecule has 0 spiro atoms. The third-order valence-electron chi connectivity index (χ3n) is 4.23. The summed E-state index contributed by atoms with van der Waals surface area (Å²) in [6, 6.07) is 11.3. The first-order valence-corrected chi connectivity index (χ1v) is 8.06. The average molecular weight is 359 g/mol. The molecule has 5 nitrogen and oxygen atoms in total. The Labute approximate surface area is 147 Å². The van der Waals surface area contributed by atoms with Crippen molar-refractivity contribution in [3.05, 3.63) is 48.3 Å². The molecule has 2 heterocycles. The molecule has 0 N–H and O–H groups in total. The summed E-state index contributed by atoms with van der Waals surface area (Å²) in [6.45, 7) is 0.241. The minimum Gasteiger partial charge on any atom is -0.436 e. The van der Waals surface area contributed by atoms with Gasteiger partial charge in [-0.2, -0.15) is 0 Å². The zero-order valence-electron chi connectivity index (χ0n) is 12.9. The molecule has 1 saturated heterocycles. The minimum absolute atomic E-state index is 0.0969. The second-order valence-electron chi connectivity index (χ2n) is 5.86. The summed E-state index contributed by atoms with van der Waals surface area (Å²) in [5.41, 5.74) is 1.86. The van der Waals surface area contributed by atoms with Crippen molar-refractivity contribution in [2.45, 2.75) is 6.42 Å². The van der Waals surface area contributed by atoms with Gasteiger partial charge in [-0.05, 0) is 41.9 Å². The van der Waals surface area contributed by atoms with Crippen LogP contribution in [-0.4, -0.2) is 22.7 Å². The molecule has 0 bridgehead atoms. The van der Waals surface area contributed by atoms with E-state index in [4.69, 9.17) is 16.0 Å². The Kier molecular flexibility index (Phi) is 3.77. The monoisotopic (exact) mass is 358 g/mol. The minimum atomic E-state index is -0.514. The van der Waals surface area contributed by atoms with Gasteiger partial charge < -0.3 is 9.32 Å². The molecule has 7 heteroatoms. The molecule has 0 saturated carbocycles. The molecular formula is C18H12ClFN2O3. The number of hydrogen-bond acceptors (Lipinski definition) is 4. The molecule has 0 radical (unpaired) electrons. The van der Waals surface area contributed by atoms with Gasteiger partial charge >= 0.3 is 0 Å². The van der Waals surface area contributed by atoms with E-state index in [0.29, 0.717) is 16.8 Å². The van der Waals surface area contributed by atoms with Crippen molar-refractivity contribution in [2.75, 3.05) is 11.4 Å². The Hall–Kier alpha value is -2.73. The van der Waals surface area contributed by atoms with E-state index in [-0.39, 0.29) is 30.3 Å². The van der Waals surface area contributed by atoms with Crippen LogP contribution in [0.1, 0.15) is 6.42 Å². The number of hydrogen-bond donors (Lipinski definition) is 0. The van der Waals surface area contributed by atoms with Gasteiger partial charge in [0.15, 0.2) is 5.58 Å². The fourth-order valence-corrected chi connectivity index (χ4v) is 3.09. The molecule has 1 aliphatic heterocycles. The largest absolute Gasteiger partial charge is 0.436 e. The van der Waals surface area contributed by atoms with E-state index in [9.17, 15) is 14.0 Å². The molecular weight excluding hydrogens is 347 g/mol. The van der Waals surface area contributed by atoms with Crippen LogP contribution in [0.3, 0.4) is 0 Å². The Morgan fingerprint density at radius 1 is 1.28 bits per heavy atom. The number of fused-ring (bicyclic) bond motifs is 1. The molecule has 126 valence electrons. The number of amides is 1. The number of benzene rings is 2. The van der Waals surface area contributed by atoms with Crippen LogP contribution in [0.2, 0.25) is 0 Å². The van der Waals surface area contributed by atoms with Crippen LogP contribution in [0.5, 0.6) is 0 Å². The summed E-state index contributed by atoms with van der Waals surface area (Å²) in [5, 5.41) is -0.514. The van der Waals surface area contributed by atoms with Crippen LogP contribution in [-0.2, 0) is 9.59 Å². The number of oxazole rings is 1. The van der Waals surface area contributed by atoms with Gasteiger partial charge in [0.25, 0.3) is 0 Å². The number of nitrogens with zero attached hydrogens (tertiary/aromatic N) is 2. The number of rotatable bonds is 3. The Balaban J connectivity index is 1.71. The van der Waals surface area contributed by atoms with E-state index in [1.54, 1.807) is 36.4 Å². The molecule has 25 heavy (non-hydrogen) atoms. The summed E-state index contributed by atoms with van der Waals surface area (Å²) in [5.74, 6) is -0.924. The third-order valence-corrected chi connectivity index (χ3v) is 4.54. The van der Waals surface area contributed by atoms with Gasteiger partial charge in [-0.3, -0.25) is 9.59 Å². The highest BCUT2D eigenvalue weighted by molar-refractivity contribution is 6.64. The van der Waals surface area contributed by atoms with E-state index >= 15 is 0 Å². The van der Waals surface area contributed by atoms with Crippen molar-refractivity contribution in [3.8, 4) is 11.5 Å². The fourth-order valence-electron chi connectivity index (χ4n) is 2.94. The van der Waals surface area contributed by atoms with Gasteiger partial charge in [0.2, 0.25) is 17.0 Å². The maximum Gasteiger partial charge on any atom is 0.230 e. The highest BCUT2D eigenvalue weighted by Crippen LogP contribution is 2.31. The second-order valence-corrected chi connectivity index (χ2v) is 6.23. The predicted octanol–water partition coefficient (Wildman–Crippen LogP) is 3.75. The first-order chi connectivity index (χ1) is 12.0. The van der Waals surface area contributed by atoms with Crippen molar-refractivity contribution < 1.29 is 18.4 Å². The van der Waals surface area contributed by atoms with Crippen molar-refractivity contribution in [2.24, 2.45) is 5.92 Å². The summed E-state index contributed by atoms with van der Waals surface area (Å²) in [6.07, 6.45) is 0.0969. The van der Waals surface area contributed by atoms with Crippen LogP contribution in [0, 0.1) is 11.7 Å². The molecule has 2 aromatic carbocycles. The number of halogens is 2.